The third kappa shape index (κ3) is 1.71. The fourth-order valence-corrected chi connectivity index (χ4v) is 2.80. The quantitative estimate of drug-likeness (QED) is 0.718. The van der Waals surface area contributed by atoms with Crippen molar-refractivity contribution >= 4 is 5.57 Å². The summed E-state index contributed by atoms with van der Waals surface area (Å²) in [4.78, 5) is 0. The molecule has 1 heteroatoms. The van der Waals surface area contributed by atoms with E-state index in [-0.39, 0.29) is 0 Å². The summed E-state index contributed by atoms with van der Waals surface area (Å²) < 4.78 is 6.04. The largest absolute Gasteiger partial charge is 0.456 e. The molecule has 2 aromatic rings. The van der Waals surface area contributed by atoms with Gasteiger partial charge in [-0.25, -0.2) is 0 Å². The summed E-state index contributed by atoms with van der Waals surface area (Å²) in [6.07, 6.45) is 7.43. The van der Waals surface area contributed by atoms with Crippen molar-refractivity contribution in [3.05, 3.63) is 95.3 Å². The Morgan fingerprint density at radius 2 is 1.65 bits per heavy atom. The zero-order valence-corrected chi connectivity index (χ0v) is 11.0. The first-order chi connectivity index (χ1) is 9.93. The van der Waals surface area contributed by atoms with Crippen LogP contribution in [-0.4, -0.2) is 0 Å². The van der Waals surface area contributed by atoms with Crippen LogP contribution in [0.3, 0.4) is 0 Å². The average molecular weight is 258 g/mol. The fourth-order valence-electron chi connectivity index (χ4n) is 2.80. The van der Waals surface area contributed by atoms with Gasteiger partial charge in [-0.15, -0.1) is 0 Å². The second-order valence-electron chi connectivity index (χ2n) is 4.96. The second kappa shape index (κ2) is 4.53. The van der Waals surface area contributed by atoms with Gasteiger partial charge in [0, 0.05) is 16.7 Å². The molecule has 0 fully saturated rings. The summed E-state index contributed by atoms with van der Waals surface area (Å²) in [6.45, 7) is 0. The molecule has 0 bridgehead atoms. The Balaban J connectivity index is 2.03. The van der Waals surface area contributed by atoms with Crippen molar-refractivity contribution in [2.24, 2.45) is 0 Å². The third-order valence-corrected chi connectivity index (χ3v) is 3.70. The molecular formula is C19H14O. The molecule has 4 rings (SSSR count). The molecule has 0 unspecified atom stereocenters. The van der Waals surface area contributed by atoms with Gasteiger partial charge in [0.15, 0.2) is 0 Å². The fraction of sp³-hybridized carbons (Fsp3) is 0.0526. The van der Waals surface area contributed by atoms with Gasteiger partial charge in [0.25, 0.3) is 0 Å². The van der Waals surface area contributed by atoms with E-state index in [1.165, 1.54) is 16.7 Å². The first-order valence-corrected chi connectivity index (χ1v) is 6.87. The van der Waals surface area contributed by atoms with Crippen molar-refractivity contribution in [3.8, 4) is 5.75 Å². The van der Waals surface area contributed by atoms with Crippen LogP contribution in [0.2, 0.25) is 0 Å². The first kappa shape index (κ1) is 11.3. The minimum atomic E-state index is 0.934. The zero-order chi connectivity index (χ0) is 13.4. The van der Waals surface area contributed by atoms with Gasteiger partial charge >= 0.3 is 0 Å². The maximum Gasteiger partial charge on any atom is 0.135 e. The topological polar surface area (TPSA) is 9.23 Å². The lowest BCUT2D eigenvalue weighted by molar-refractivity contribution is 0.429. The molecule has 20 heavy (non-hydrogen) atoms. The first-order valence-electron chi connectivity index (χ1n) is 6.87. The molecule has 0 saturated carbocycles. The van der Waals surface area contributed by atoms with Crippen molar-refractivity contribution in [2.45, 2.75) is 6.42 Å². The smallest absolute Gasteiger partial charge is 0.135 e. The minimum Gasteiger partial charge on any atom is -0.456 e. The third-order valence-electron chi connectivity index (χ3n) is 3.70. The Labute approximate surface area is 118 Å². The Bertz CT molecular complexity index is 748. The van der Waals surface area contributed by atoms with Crippen LogP contribution >= 0.6 is 0 Å². The summed E-state index contributed by atoms with van der Waals surface area (Å²) in [7, 11) is 0. The molecule has 2 aliphatic rings. The molecule has 1 aliphatic carbocycles. The molecule has 0 amide bonds. The maximum atomic E-state index is 6.04. The predicted octanol–water partition coefficient (Wildman–Crippen LogP) is 4.72. The summed E-state index contributed by atoms with van der Waals surface area (Å²) in [5, 5.41) is 0. The normalized spacial score (nSPS) is 16.1. The highest BCUT2D eigenvalue weighted by Crippen LogP contribution is 2.42. The lowest BCUT2D eigenvalue weighted by Gasteiger charge is -2.26. The lowest BCUT2D eigenvalue weighted by atomic mass is 9.88. The molecule has 0 N–H and O–H groups in total. The van der Waals surface area contributed by atoms with E-state index in [2.05, 4.69) is 54.6 Å². The molecule has 1 nitrogen and oxygen atoms in total. The second-order valence-corrected chi connectivity index (χ2v) is 4.96. The Kier molecular flexibility index (Phi) is 2.56. The minimum absolute atomic E-state index is 0.934. The number of hydrogen-bond donors (Lipinski definition) is 0. The van der Waals surface area contributed by atoms with Crippen LogP contribution in [0.25, 0.3) is 5.57 Å². The van der Waals surface area contributed by atoms with E-state index < -0.39 is 0 Å². The molecule has 2 aromatic carbocycles. The predicted molar refractivity (Wildman–Crippen MR) is 81.4 cm³/mol. The van der Waals surface area contributed by atoms with Crippen molar-refractivity contribution in [3.63, 3.8) is 0 Å². The van der Waals surface area contributed by atoms with E-state index >= 15 is 0 Å². The van der Waals surface area contributed by atoms with Gasteiger partial charge in [-0.05, 0) is 24.1 Å². The van der Waals surface area contributed by atoms with Gasteiger partial charge in [0.1, 0.15) is 11.5 Å². The molecule has 1 heterocycles. The Morgan fingerprint density at radius 3 is 2.55 bits per heavy atom. The highest BCUT2D eigenvalue weighted by atomic mass is 16.5. The summed E-state index contributed by atoms with van der Waals surface area (Å²) in [5.74, 6) is 1.92. The molecule has 0 aromatic heterocycles. The highest BCUT2D eigenvalue weighted by molar-refractivity contribution is 5.90. The van der Waals surface area contributed by atoms with Gasteiger partial charge < -0.3 is 4.74 Å². The van der Waals surface area contributed by atoms with Gasteiger partial charge in [-0.3, -0.25) is 0 Å². The number of fused-ring (bicyclic) bond motifs is 2. The summed E-state index contributed by atoms with van der Waals surface area (Å²) in [6, 6.07) is 18.8. The number of benzene rings is 2. The monoisotopic (exact) mass is 258 g/mol. The zero-order valence-electron chi connectivity index (χ0n) is 11.0. The SMILES string of the molecule is C1=CC2=C(c3ccccc3)c3ccccc3OC2=CC1. The maximum absolute atomic E-state index is 6.04. The number of allylic oxidation sites excluding steroid dienone is 3. The van der Waals surface area contributed by atoms with E-state index in [4.69, 9.17) is 4.74 Å². The van der Waals surface area contributed by atoms with Crippen molar-refractivity contribution in [2.75, 3.05) is 0 Å². The van der Waals surface area contributed by atoms with Crippen molar-refractivity contribution < 1.29 is 4.74 Å². The van der Waals surface area contributed by atoms with E-state index in [0.717, 1.165) is 23.5 Å². The van der Waals surface area contributed by atoms with E-state index in [9.17, 15) is 0 Å². The molecule has 96 valence electrons. The molecule has 0 atom stereocenters. The van der Waals surface area contributed by atoms with Gasteiger partial charge in [0.05, 0.1) is 0 Å². The van der Waals surface area contributed by atoms with Crippen molar-refractivity contribution in [1.82, 2.24) is 0 Å². The van der Waals surface area contributed by atoms with Crippen molar-refractivity contribution in [1.29, 1.82) is 0 Å². The van der Waals surface area contributed by atoms with Crippen LogP contribution in [-0.2, 0) is 0 Å². The van der Waals surface area contributed by atoms with Gasteiger partial charge in [0.2, 0.25) is 0 Å². The van der Waals surface area contributed by atoms with E-state index in [1.807, 2.05) is 18.2 Å². The van der Waals surface area contributed by atoms with Crippen LogP contribution in [0.1, 0.15) is 17.5 Å². The summed E-state index contributed by atoms with van der Waals surface area (Å²) in [5.41, 5.74) is 4.84. The molecule has 0 spiro atoms. The van der Waals surface area contributed by atoms with Crippen LogP contribution in [0.5, 0.6) is 5.75 Å². The van der Waals surface area contributed by atoms with Crippen LogP contribution < -0.4 is 4.74 Å². The van der Waals surface area contributed by atoms with Gasteiger partial charge in [-0.1, -0.05) is 60.7 Å². The number of rotatable bonds is 1. The molecule has 1 aliphatic heterocycles. The van der Waals surface area contributed by atoms with Crippen LogP contribution in [0.15, 0.2) is 84.2 Å². The highest BCUT2D eigenvalue weighted by Gasteiger charge is 2.24. The standard InChI is InChI=1S/C19H14O/c1-2-8-14(9-3-1)19-15-10-4-6-12-17(15)20-18-13-7-5-11-16(18)19/h1-6,8-13H,7H2. The Morgan fingerprint density at radius 1 is 0.850 bits per heavy atom. The van der Waals surface area contributed by atoms with E-state index in [0.29, 0.717) is 0 Å². The van der Waals surface area contributed by atoms with E-state index in [1.54, 1.807) is 0 Å². The molecular weight excluding hydrogens is 244 g/mol. The summed E-state index contributed by atoms with van der Waals surface area (Å²) >= 11 is 0. The number of para-hydroxylation sites is 1. The molecule has 0 radical (unpaired) electrons. The molecule has 0 saturated heterocycles. The lowest BCUT2D eigenvalue weighted by Crippen LogP contribution is -2.10. The average Bonchev–Trinajstić information content (AvgIpc) is 2.53. The number of hydrogen-bond acceptors (Lipinski definition) is 1. The van der Waals surface area contributed by atoms with Crippen LogP contribution in [0.4, 0.5) is 0 Å². The van der Waals surface area contributed by atoms with Crippen LogP contribution in [0, 0.1) is 0 Å². The van der Waals surface area contributed by atoms with Gasteiger partial charge in [-0.2, -0.15) is 0 Å². The Hall–Kier alpha value is -2.54. The number of ether oxygens (including phenoxy) is 1.